The van der Waals surface area contributed by atoms with E-state index in [-0.39, 0.29) is 5.91 Å². The van der Waals surface area contributed by atoms with Gasteiger partial charge in [0.2, 0.25) is 0 Å². The molecule has 0 bridgehead atoms. The zero-order valence-electron chi connectivity index (χ0n) is 10.5. The lowest BCUT2D eigenvalue weighted by Gasteiger charge is -2.36. The van der Waals surface area contributed by atoms with Gasteiger partial charge in [-0.1, -0.05) is 6.92 Å². The summed E-state index contributed by atoms with van der Waals surface area (Å²) in [6.07, 6.45) is 2.26. The second-order valence-electron chi connectivity index (χ2n) is 4.96. The lowest BCUT2D eigenvalue weighted by Crippen LogP contribution is -2.44. The van der Waals surface area contributed by atoms with E-state index in [0.717, 1.165) is 13.0 Å². The molecule has 1 aromatic rings. The highest BCUT2D eigenvalue weighted by atomic mass is 16.4. The lowest BCUT2D eigenvalue weighted by molar-refractivity contribution is 0.0540. The highest BCUT2D eigenvalue weighted by Crippen LogP contribution is 2.23. The summed E-state index contributed by atoms with van der Waals surface area (Å²) in [6, 6.07) is 3.78. The number of nitrogens with two attached hydrogens (primary N) is 1. The van der Waals surface area contributed by atoms with Gasteiger partial charge in [-0.2, -0.15) is 0 Å². The molecular formula is C13H20N2O2. The first-order chi connectivity index (χ1) is 8.11. The molecule has 94 valence electrons. The van der Waals surface area contributed by atoms with Crippen molar-refractivity contribution in [1.82, 2.24) is 4.90 Å². The number of furan rings is 1. The van der Waals surface area contributed by atoms with Crippen LogP contribution in [0.5, 0.6) is 0 Å². The van der Waals surface area contributed by atoms with E-state index in [0.29, 0.717) is 30.0 Å². The normalized spacial score (nSPS) is 25.0. The minimum atomic E-state index is -0.0104. The standard InChI is InChI=1S/C13H20N2O2/c1-9-3-4-10(2)15(8-9)13(16)12-6-5-11(7-14)17-12/h5-6,9-10H,3-4,7-8,14H2,1-2H3. The van der Waals surface area contributed by atoms with Gasteiger partial charge in [0.25, 0.3) is 5.91 Å². The predicted molar refractivity (Wildman–Crippen MR) is 65.5 cm³/mol. The van der Waals surface area contributed by atoms with Crippen LogP contribution < -0.4 is 5.73 Å². The molecule has 1 amide bonds. The first-order valence-electron chi connectivity index (χ1n) is 6.21. The molecular weight excluding hydrogens is 216 g/mol. The molecule has 0 spiro atoms. The van der Waals surface area contributed by atoms with Crippen LogP contribution in [0.1, 0.15) is 43.0 Å². The van der Waals surface area contributed by atoms with Crippen LogP contribution in [0.2, 0.25) is 0 Å². The molecule has 0 saturated carbocycles. The van der Waals surface area contributed by atoms with Crippen LogP contribution in [0.3, 0.4) is 0 Å². The molecule has 4 nitrogen and oxygen atoms in total. The minimum Gasteiger partial charge on any atom is -0.455 e. The van der Waals surface area contributed by atoms with Crippen molar-refractivity contribution in [3.8, 4) is 0 Å². The zero-order valence-corrected chi connectivity index (χ0v) is 10.5. The third-order valence-electron chi connectivity index (χ3n) is 3.45. The van der Waals surface area contributed by atoms with E-state index in [1.165, 1.54) is 6.42 Å². The molecule has 2 N–H and O–H groups in total. The summed E-state index contributed by atoms with van der Waals surface area (Å²) < 4.78 is 5.42. The fourth-order valence-corrected chi connectivity index (χ4v) is 2.32. The SMILES string of the molecule is CC1CCC(C)N(C(=O)c2ccc(CN)o2)C1. The number of carbonyl (C=O) groups is 1. The summed E-state index contributed by atoms with van der Waals surface area (Å²) in [7, 11) is 0. The molecule has 2 rings (SSSR count). The fraction of sp³-hybridized carbons (Fsp3) is 0.615. The fourth-order valence-electron chi connectivity index (χ4n) is 2.32. The van der Waals surface area contributed by atoms with Crippen LogP contribution in [-0.4, -0.2) is 23.4 Å². The van der Waals surface area contributed by atoms with Crippen LogP contribution in [0.25, 0.3) is 0 Å². The van der Waals surface area contributed by atoms with E-state index >= 15 is 0 Å². The molecule has 4 heteroatoms. The maximum atomic E-state index is 12.3. The smallest absolute Gasteiger partial charge is 0.289 e. The van der Waals surface area contributed by atoms with Crippen molar-refractivity contribution in [2.24, 2.45) is 11.7 Å². The Bertz CT molecular complexity index is 400. The maximum Gasteiger partial charge on any atom is 0.289 e. The van der Waals surface area contributed by atoms with Gasteiger partial charge < -0.3 is 15.1 Å². The van der Waals surface area contributed by atoms with Crippen molar-refractivity contribution in [3.05, 3.63) is 23.7 Å². The summed E-state index contributed by atoms with van der Waals surface area (Å²) in [4.78, 5) is 14.2. The van der Waals surface area contributed by atoms with Gasteiger partial charge in [-0.3, -0.25) is 4.79 Å². The molecule has 0 aliphatic carbocycles. The van der Waals surface area contributed by atoms with Crippen molar-refractivity contribution >= 4 is 5.91 Å². The summed E-state index contributed by atoms with van der Waals surface area (Å²) >= 11 is 0. The van der Waals surface area contributed by atoms with E-state index < -0.39 is 0 Å². The van der Waals surface area contributed by atoms with Crippen molar-refractivity contribution in [2.45, 2.75) is 39.3 Å². The maximum absolute atomic E-state index is 12.3. The lowest BCUT2D eigenvalue weighted by atomic mass is 9.95. The first-order valence-corrected chi connectivity index (χ1v) is 6.21. The minimum absolute atomic E-state index is 0.0104. The van der Waals surface area contributed by atoms with Gasteiger partial charge in [0.05, 0.1) is 6.54 Å². The molecule has 2 unspecified atom stereocenters. The van der Waals surface area contributed by atoms with E-state index in [1.807, 2.05) is 4.90 Å². The predicted octanol–water partition coefficient (Wildman–Crippen LogP) is 2.00. The Morgan fingerprint density at radius 3 is 2.88 bits per heavy atom. The molecule has 1 aliphatic rings. The summed E-state index contributed by atoms with van der Waals surface area (Å²) in [6.45, 7) is 5.42. The molecule has 2 atom stereocenters. The second-order valence-corrected chi connectivity index (χ2v) is 4.96. The molecule has 0 radical (unpaired) electrons. The monoisotopic (exact) mass is 236 g/mol. The Morgan fingerprint density at radius 2 is 2.24 bits per heavy atom. The molecule has 1 fully saturated rings. The number of likely N-dealkylation sites (tertiary alicyclic amines) is 1. The van der Waals surface area contributed by atoms with Gasteiger partial charge in [-0.05, 0) is 37.8 Å². The Morgan fingerprint density at radius 1 is 1.47 bits per heavy atom. The molecule has 17 heavy (non-hydrogen) atoms. The number of amides is 1. The number of hydrogen-bond donors (Lipinski definition) is 1. The van der Waals surface area contributed by atoms with Crippen molar-refractivity contribution in [1.29, 1.82) is 0 Å². The van der Waals surface area contributed by atoms with Gasteiger partial charge >= 0.3 is 0 Å². The van der Waals surface area contributed by atoms with Crippen molar-refractivity contribution in [2.75, 3.05) is 6.54 Å². The van der Waals surface area contributed by atoms with Gasteiger partial charge in [0, 0.05) is 12.6 Å². The third-order valence-corrected chi connectivity index (χ3v) is 3.45. The summed E-state index contributed by atoms with van der Waals surface area (Å²) in [5, 5.41) is 0. The summed E-state index contributed by atoms with van der Waals surface area (Å²) in [5.41, 5.74) is 5.47. The topological polar surface area (TPSA) is 59.5 Å². The van der Waals surface area contributed by atoms with Crippen LogP contribution in [-0.2, 0) is 6.54 Å². The van der Waals surface area contributed by atoms with Crippen molar-refractivity contribution < 1.29 is 9.21 Å². The van der Waals surface area contributed by atoms with Gasteiger partial charge in [0.1, 0.15) is 5.76 Å². The number of nitrogens with zero attached hydrogens (tertiary/aromatic N) is 1. The molecule has 1 saturated heterocycles. The van der Waals surface area contributed by atoms with E-state index in [4.69, 9.17) is 10.2 Å². The Kier molecular flexibility index (Phi) is 3.52. The van der Waals surface area contributed by atoms with Crippen LogP contribution in [0.15, 0.2) is 16.5 Å². The van der Waals surface area contributed by atoms with Crippen molar-refractivity contribution in [3.63, 3.8) is 0 Å². The van der Waals surface area contributed by atoms with Crippen LogP contribution >= 0.6 is 0 Å². The highest BCUT2D eigenvalue weighted by Gasteiger charge is 2.29. The Hall–Kier alpha value is -1.29. The third kappa shape index (κ3) is 2.52. The number of rotatable bonds is 2. The zero-order chi connectivity index (χ0) is 12.4. The number of carbonyl (C=O) groups excluding carboxylic acids is 1. The van der Waals surface area contributed by atoms with Crippen LogP contribution in [0, 0.1) is 5.92 Å². The first kappa shape index (κ1) is 12.2. The van der Waals surface area contributed by atoms with Crippen LogP contribution in [0.4, 0.5) is 0 Å². The average molecular weight is 236 g/mol. The van der Waals surface area contributed by atoms with E-state index in [2.05, 4.69) is 13.8 Å². The van der Waals surface area contributed by atoms with Gasteiger partial charge in [-0.15, -0.1) is 0 Å². The van der Waals surface area contributed by atoms with Gasteiger partial charge in [0.15, 0.2) is 5.76 Å². The molecule has 1 aliphatic heterocycles. The van der Waals surface area contributed by atoms with E-state index in [9.17, 15) is 4.79 Å². The molecule has 1 aromatic heterocycles. The van der Waals surface area contributed by atoms with E-state index in [1.54, 1.807) is 12.1 Å². The molecule has 0 aromatic carbocycles. The molecule has 2 heterocycles. The second kappa shape index (κ2) is 4.92. The quantitative estimate of drug-likeness (QED) is 0.854. The average Bonchev–Trinajstić information content (AvgIpc) is 2.80. The Balaban J connectivity index is 2.12. The van der Waals surface area contributed by atoms with Gasteiger partial charge in [-0.25, -0.2) is 0 Å². The number of piperidine rings is 1. The summed E-state index contributed by atoms with van der Waals surface area (Å²) in [5.74, 6) is 1.63. The largest absolute Gasteiger partial charge is 0.455 e. The number of hydrogen-bond acceptors (Lipinski definition) is 3. The Labute approximate surface area is 102 Å². The highest BCUT2D eigenvalue weighted by molar-refractivity contribution is 5.91.